The van der Waals surface area contributed by atoms with Gasteiger partial charge >= 0.3 is 6.09 Å². The number of methoxy groups -OCH3 is 1. The Balaban J connectivity index is 1.89. The van der Waals surface area contributed by atoms with E-state index in [9.17, 15) is 14.7 Å². The van der Waals surface area contributed by atoms with Gasteiger partial charge < -0.3 is 15.2 Å². The number of ether oxygens (including phenoxy) is 1. The minimum Gasteiger partial charge on any atom is -0.497 e. The predicted octanol–water partition coefficient (Wildman–Crippen LogP) is 3.46. The van der Waals surface area contributed by atoms with Crippen LogP contribution in [0.15, 0.2) is 42.5 Å². The number of nitrogens with zero attached hydrogens (tertiary/aromatic N) is 1. The van der Waals surface area contributed by atoms with Gasteiger partial charge in [0.1, 0.15) is 11.8 Å². The van der Waals surface area contributed by atoms with E-state index in [0.717, 1.165) is 5.56 Å². The third-order valence-corrected chi connectivity index (χ3v) is 7.16. The van der Waals surface area contributed by atoms with E-state index in [1.807, 2.05) is 30.3 Å². The van der Waals surface area contributed by atoms with Gasteiger partial charge in [-0.25, -0.2) is 4.79 Å². The first-order valence-electron chi connectivity index (χ1n) is 9.28. The van der Waals surface area contributed by atoms with E-state index < -0.39 is 20.2 Å². The third kappa shape index (κ3) is 4.04. The van der Waals surface area contributed by atoms with Crippen molar-refractivity contribution in [3.8, 4) is 5.75 Å². The number of amides is 2. The minimum absolute atomic E-state index is 0.266. The first kappa shape index (κ1) is 19.9. The Hall–Kier alpha value is -2.80. The monoisotopic (exact) mass is 398 g/mol. The van der Waals surface area contributed by atoms with Crippen molar-refractivity contribution in [1.29, 1.82) is 0 Å². The highest BCUT2D eigenvalue weighted by molar-refractivity contribution is 6.88. The molecule has 0 saturated carbocycles. The number of carboxylic acid groups (broad SMARTS) is 1. The summed E-state index contributed by atoms with van der Waals surface area (Å²) >= 11 is 0. The van der Waals surface area contributed by atoms with E-state index in [1.165, 1.54) is 10.1 Å². The zero-order chi connectivity index (χ0) is 20.5. The topological polar surface area (TPSA) is 78.9 Å². The normalized spacial score (nSPS) is 16.3. The van der Waals surface area contributed by atoms with Crippen LogP contribution in [0.3, 0.4) is 0 Å². The maximum atomic E-state index is 13.0. The van der Waals surface area contributed by atoms with E-state index in [-0.39, 0.29) is 12.5 Å². The zero-order valence-electron chi connectivity index (χ0n) is 16.7. The van der Waals surface area contributed by atoms with E-state index in [4.69, 9.17) is 4.74 Å². The number of carbonyl (C=O) groups excluding carboxylic acids is 1. The molecule has 3 rings (SSSR count). The van der Waals surface area contributed by atoms with Gasteiger partial charge in [-0.15, -0.1) is 0 Å². The van der Waals surface area contributed by atoms with E-state index in [0.29, 0.717) is 23.4 Å². The molecule has 0 aromatic heterocycles. The number of anilines is 1. The number of nitrogens with one attached hydrogen (secondary N) is 1. The lowest BCUT2D eigenvalue weighted by atomic mass is 9.92. The van der Waals surface area contributed by atoms with Crippen molar-refractivity contribution in [2.75, 3.05) is 19.0 Å². The summed E-state index contributed by atoms with van der Waals surface area (Å²) in [7, 11) is 0.164. The highest BCUT2D eigenvalue weighted by atomic mass is 28.3. The molecule has 28 heavy (non-hydrogen) atoms. The molecule has 0 fully saturated rings. The Bertz CT molecular complexity index is 890. The lowest BCUT2D eigenvalue weighted by molar-refractivity contribution is -0.121. The van der Waals surface area contributed by atoms with E-state index in [1.54, 1.807) is 19.2 Å². The maximum Gasteiger partial charge on any atom is 0.408 e. The first-order chi connectivity index (χ1) is 13.2. The molecule has 1 aliphatic rings. The first-order valence-corrected chi connectivity index (χ1v) is 12.8. The van der Waals surface area contributed by atoms with Crippen LogP contribution >= 0.6 is 0 Å². The number of carbonyl (C=O) groups is 2. The maximum absolute atomic E-state index is 13.0. The van der Waals surface area contributed by atoms with Crippen LogP contribution in [0.1, 0.15) is 17.2 Å². The second kappa shape index (κ2) is 7.67. The van der Waals surface area contributed by atoms with Gasteiger partial charge in [0, 0.05) is 12.2 Å². The fourth-order valence-electron chi connectivity index (χ4n) is 3.48. The summed E-state index contributed by atoms with van der Waals surface area (Å²) in [6.07, 6.45) is -0.552. The summed E-state index contributed by atoms with van der Waals surface area (Å²) in [4.78, 5) is 26.0. The SMILES string of the molecule is COc1ccc2c(c1)CCN(C(=O)O)C2C(=O)Nc1ccc([Si](C)(C)C)cc1. The van der Waals surface area contributed by atoms with Gasteiger partial charge in [-0.1, -0.05) is 43.0 Å². The summed E-state index contributed by atoms with van der Waals surface area (Å²) in [6, 6.07) is 12.4. The molecule has 2 aromatic carbocycles. The van der Waals surface area contributed by atoms with Crippen molar-refractivity contribution in [3.05, 3.63) is 53.6 Å². The molecule has 2 aromatic rings. The van der Waals surface area contributed by atoms with Crippen LogP contribution in [0.4, 0.5) is 10.5 Å². The largest absolute Gasteiger partial charge is 0.497 e. The molecule has 2 N–H and O–H groups in total. The van der Waals surface area contributed by atoms with Crippen molar-refractivity contribution in [2.45, 2.75) is 32.1 Å². The number of benzene rings is 2. The fourth-order valence-corrected chi connectivity index (χ4v) is 4.65. The van der Waals surface area contributed by atoms with Crippen LogP contribution in [-0.2, 0) is 11.2 Å². The molecule has 148 valence electrons. The van der Waals surface area contributed by atoms with Crippen molar-refractivity contribution in [1.82, 2.24) is 4.90 Å². The molecule has 1 aliphatic heterocycles. The van der Waals surface area contributed by atoms with Crippen LogP contribution < -0.4 is 15.2 Å². The van der Waals surface area contributed by atoms with Gasteiger partial charge in [0.05, 0.1) is 15.2 Å². The lowest BCUT2D eigenvalue weighted by Gasteiger charge is -2.34. The van der Waals surface area contributed by atoms with Crippen LogP contribution in [0.5, 0.6) is 5.75 Å². The van der Waals surface area contributed by atoms with Crippen LogP contribution in [-0.4, -0.2) is 43.7 Å². The molecule has 0 saturated heterocycles. The average Bonchev–Trinajstić information content (AvgIpc) is 2.66. The van der Waals surface area contributed by atoms with Gasteiger partial charge in [-0.2, -0.15) is 0 Å². The number of fused-ring (bicyclic) bond motifs is 1. The standard InChI is InChI=1S/C21H26N2O4Si/c1-27-16-7-10-18-14(13-16)11-12-23(21(25)26)19(18)20(24)22-15-5-8-17(9-6-15)28(2,3)4/h5-10,13,19H,11-12H2,1-4H3,(H,22,24)(H,25,26). The van der Waals surface area contributed by atoms with Crippen LogP contribution in [0.25, 0.3) is 0 Å². The third-order valence-electron chi connectivity index (χ3n) is 5.09. The van der Waals surface area contributed by atoms with Gasteiger partial charge in [0.2, 0.25) is 0 Å². The molecular formula is C21H26N2O4Si. The molecule has 1 unspecified atom stereocenters. The summed E-state index contributed by atoms with van der Waals surface area (Å²) in [5.74, 6) is 0.345. The predicted molar refractivity (Wildman–Crippen MR) is 112 cm³/mol. The second-order valence-electron chi connectivity index (χ2n) is 8.01. The molecular weight excluding hydrogens is 372 g/mol. The molecule has 7 heteroatoms. The van der Waals surface area contributed by atoms with Gasteiger partial charge in [-0.05, 0) is 41.8 Å². The molecule has 2 amide bonds. The number of hydrogen-bond donors (Lipinski definition) is 2. The van der Waals surface area contributed by atoms with Crippen LogP contribution in [0.2, 0.25) is 19.6 Å². The van der Waals surface area contributed by atoms with E-state index >= 15 is 0 Å². The van der Waals surface area contributed by atoms with Gasteiger partial charge in [0.15, 0.2) is 0 Å². The van der Waals surface area contributed by atoms with Crippen LogP contribution in [0, 0.1) is 0 Å². The molecule has 0 aliphatic carbocycles. The number of hydrogen-bond acceptors (Lipinski definition) is 3. The Labute approximate surface area is 166 Å². The summed E-state index contributed by atoms with van der Waals surface area (Å²) in [5, 5.41) is 13.8. The van der Waals surface area contributed by atoms with Crippen molar-refractivity contribution in [3.63, 3.8) is 0 Å². The average molecular weight is 399 g/mol. The second-order valence-corrected chi connectivity index (χ2v) is 13.1. The molecule has 0 radical (unpaired) electrons. The molecule has 0 bridgehead atoms. The summed E-state index contributed by atoms with van der Waals surface area (Å²) < 4.78 is 5.26. The Morgan fingerprint density at radius 3 is 2.39 bits per heavy atom. The molecule has 1 heterocycles. The quantitative estimate of drug-likeness (QED) is 0.773. The van der Waals surface area contributed by atoms with Gasteiger partial charge in [0.25, 0.3) is 5.91 Å². The smallest absolute Gasteiger partial charge is 0.408 e. The molecule has 6 nitrogen and oxygen atoms in total. The van der Waals surface area contributed by atoms with Crippen molar-refractivity contribution in [2.24, 2.45) is 0 Å². The molecule has 1 atom stereocenters. The summed E-state index contributed by atoms with van der Waals surface area (Å²) in [6.45, 7) is 7.05. The summed E-state index contributed by atoms with van der Waals surface area (Å²) in [5.41, 5.74) is 2.30. The lowest BCUT2D eigenvalue weighted by Crippen LogP contribution is -2.44. The van der Waals surface area contributed by atoms with Gasteiger partial charge in [-0.3, -0.25) is 9.69 Å². The molecule has 0 spiro atoms. The number of rotatable bonds is 4. The van der Waals surface area contributed by atoms with E-state index in [2.05, 4.69) is 25.0 Å². The highest BCUT2D eigenvalue weighted by Crippen LogP contribution is 2.33. The Kier molecular flexibility index (Phi) is 5.46. The van der Waals surface area contributed by atoms with Crippen molar-refractivity contribution < 1.29 is 19.4 Å². The minimum atomic E-state index is -1.42. The zero-order valence-corrected chi connectivity index (χ0v) is 17.7. The fraction of sp³-hybridized carbons (Fsp3) is 0.333. The van der Waals surface area contributed by atoms with Crippen molar-refractivity contribution >= 4 is 30.9 Å². The Morgan fingerprint density at radius 2 is 1.82 bits per heavy atom. The Morgan fingerprint density at radius 1 is 1.14 bits per heavy atom. The highest BCUT2D eigenvalue weighted by Gasteiger charge is 2.36.